The van der Waals surface area contributed by atoms with Crippen molar-refractivity contribution < 1.29 is 13.6 Å². The fourth-order valence-corrected chi connectivity index (χ4v) is 4.57. The highest BCUT2D eigenvalue weighted by atomic mass is 28.4. The van der Waals surface area contributed by atoms with Gasteiger partial charge in [-0.2, -0.15) is 0 Å². The van der Waals surface area contributed by atoms with E-state index in [4.69, 9.17) is 13.8 Å². The number of aldehydes is 1. The van der Waals surface area contributed by atoms with Crippen LogP contribution < -0.4 is 0 Å². The van der Waals surface area contributed by atoms with Crippen LogP contribution in [0.1, 0.15) is 60.7 Å². The number of hydrogen-bond donors (Lipinski definition) is 0. The van der Waals surface area contributed by atoms with Crippen LogP contribution in [0.3, 0.4) is 0 Å². The van der Waals surface area contributed by atoms with Crippen LogP contribution in [0.5, 0.6) is 0 Å². The summed E-state index contributed by atoms with van der Waals surface area (Å²) in [5.41, 5.74) is 3.72. The summed E-state index contributed by atoms with van der Waals surface area (Å²) >= 11 is 0. The SMILES string of the molecule is Cc1oc(-c2ccccc2)nc1CCC(O[Si](C)(C)C(C)(C)C)c1ccc(C=O)cc1. The Balaban J connectivity index is 1.83. The zero-order valence-electron chi connectivity index (χ0n) is 19.4. The molecule has 2 aromatic carbocycles. The van der Waals surface area contributed by atoms with Crippen LogP contribution in [0, 0.1) is 6.92 Å². The van der Waals surface area contributed by atoms with Gasteiger partial charge in [0.1, 0.15) is 12.0 Å². The van der Waals surface area contributed by atoms with Gasteiger partial charge >= 0.3 is 0 Å². The second-order valence-electron chi connectivity index (χ2n) is 9.58. The van der Waals surface area contributed by atoms with E-state index in [0.29, 0.717) is 11.5 Å². The minimum absolute atomic E-state index is 0.0575. The number of aromatic nitrogens is 1. The van der Waals surface area contributed by atoms with E-state index in [1.165, 1.54) is 0 Å². The first-order chi connectivity index (χ1) is 14.6. The van der Waals surface area contributed by atoms with E-state index in [0.717, 1.165) is 41.7 Å². The molecule has 0 radical (unpaired) electrons. The first-order valence-electron chi connectivity index (χ1n) is 10.9. The lowest BCUT2D eigenvalue weighted by Crippen LogP contribution is -2.42. The van der Waals surface area contributed by atoms with Gasteiger partial charge in [-0.1, -0.05) is 63.2 Å². The maximum atomic E-state index is 11.1. The molecule has 3 aromatic rings. The highest BCUT2D eigenvalue weighted by Crippen LogP contribution is 2.41. The van der Waals surface area contributed by atoms with Crippen LogP contribution in [0.2, 0.25) is 18.1 Å². The maximum Gasteiger partial charge on any atom is 0.226 e. The van der Waals surface area contributed by atoms with Gasteiger partial charge in [-0.3, -0.25) is 4.79 Å². The minimum atomic E-state index is -1.99. The fraction of sp³-hybridized carbons (Fsp3) is 0.385. The third-order valence-electron chi connectivity index (χ3n) is 6.24. The molecule has 0 bridgehead atoms. The first-order valence-corrected chi connectivity index (χ1v) is 13.8. The fourth-order valence-electron chi connectivity index (χ4n) is 3.25. The molecule has 0 saturated heterocycles. The van der Waals surface area contributed by atoms with Crippen LogP contribution in [0.25, 0.3) is 11.5 Å². The van der Waals surface area contributed by atoms with Gasteiger partial charge in [-0.25, -0.2) is 4.98 Å². The summed E-state index contributed by atoms with van der Waals surface area (Å²) < 4.78 is 12.7. The molecule has 3 rings (SSSR count). The van der Waals surface area contributed by atoms with Crippen LogP contribution in [0.15, 0.2) is 59.0 Å². The van der Waals surface area contributed by atoms with Crippen molar-refractivity contribution in [3.05, 3.63) is 77.2 Å². The Morgan fingerprint density at radius 3 is 2.29 bits per heavy atom. The third-order valence-corrected chi connectivity index (χ3v) is 10.7. The van der Waals surface area contributed by atoms with Gasteiger partial charge in [-0.05, 0) is 55.6 Å². The Bertz CT molecular complexity index is 1000. The summed E-state index contributed by atoms with van der Waals surface area (Å²) in [6, 6.07) is 17.7. The molecule has 0 aliphatic rings. The molecule has 0 spiro atoms. The number of nitrogens with zero attached hydrogens (tertiary/aromatic N) is 1. The Morgan fingerprint density at radius 2 is 1.71 bits per heavy atom. The lowest BCUT2D eigenvalue weighted by atomic mass is 10.0. The first kappa shape index (κ1) is 23.2. The number of rotatable bonds is 8. The van der Waals surface area contributed by atoms with Crippen molar-refractivity contribution in [1.82, 2.24) is 4.98 Å². The lowest BCUT2D eigenvalue weighted by molar-refractivity contribution is 0.112. The second-order valence-corrected chi connectivity index (χ2v) is 14.3. The zero-order valence-corrected chi connectivity index (χ0v) is 20.4. The van der Waals surface area contributed by atoms with E-state index in [2.05, 4.69) is 33.9 Å². The molecule has 1 unspecified atom stereocenters. The maximum absolute atomic E-state index is 11.1. The summed E-state index contributed by atoms with van der Waals surface area (Å²) in [4.78, 5) is 15.8. The quantitative estimate of drug-likeness (QED) is 0.278. The van der Waals surface area contributed by atoms with Crippen molar-refractivity contribution in [2.75, 3.05) is 0 Å². The summed E-state index contributed by atoms with van der Waals surface area (Å²) in [5, 5.41) is 0.109. The average molecular weight is 436 g/mol. The van der Waals surface area contributed by atoms with Crippen LogP contribution in [-0.2, 0) is 10.8 Å². The van der Waals surface area contributed by atoms with E-state index >= 15 is 0 Å². The number of hydrogen-bond acceptors (Lipinski definition) is 4. The van der Waals surface area contributed by atoms with Crippen molar-refractivity contribution in [3.63, 3.8) is 0 Å². The van der Waals surface area contributed by atoms with Crippen molar-refractivity contribution in [2.24, 2.45) is 0 Å². The predicted octanol–water partition coefficient (Wildman–Crippen LogP) is 7.16. The highest BCUT2D eigenvalue weighted by molar-refractivity contribution is 6.74. The van der Waals surface area contributed by atoms with Gasteiger partial charge in [0, 0.05) is 11.1 Å². The normalized spacial score (nSPS) is 13.2. The van der Waals surface area contributed by atoms with Crippen LogP contribution in [0.4, 0.5) is 0 Å². The number of carbonyl (C=O) groups excluding carboxylic acids is 1. The second kappa shape index (κ2) is 9.33. The third kappa shape index (κ3) is 5.60. The van der Waals surface area contributed by atoms with Crippen molar-refractivity contribution in [2.45, 2.75) is 64.8 Å². The predicted molar refractivity (Wildman–Crippen MR) is 128 cm³/mol. The van der Waals surface area contributed by atoms with E-state index in [-0.39, 0.29) is 11.1 Å². The summed E-state index contributed by atoms with van der Waals surface area (Å²) in [6.45, 7) is 13.3. The molecule has 0 aliphatic heterocycles. The molecule has 0 N–H and O–H groups in total. The number of carbonyl (C=O) groups is 1. The largest absolute Gasteiger partial charge is 0.441 e. The van der Waals surface area contributed by atoms with Gasteiger partial charge in [-0.15, -0.1) is 0 Å². The number of aryl methyl sites for hydroxylation is 2. The van der Waals surface area contributed by atoms with Crippen LogP contribution in [-0.4, -0.2) is 19.6 Å². The van der Waals surface area contributed by atoms with Gasteiger partial charge in [0.15, 0.2) is 8.32 Å². The molecular formula is C26H33NO3Si. The van der Waals surface area contributed by atoms with Gasteiger partial charge in [0.2, 0.25) is 5.89 Å². The number of benzene rings is 2. The summed E-state index contributed by atoms with van der Waals surface area (Å²) in [5.74, 6) is 1.51. The standard InChI is InChI=1S/C26H33NO3Si/c1-19-23(27-25(29-19)22-10-8-7-9-11-22)16-17-24(30-31(5,6)26(2,3)4)21-14-12-20(18-28)13-15-21/h7-15,18,24H,16-17H2,1-6H3. The molecule has 0 aliphatic carbocycles. The van der Waals surface area contributed by atoms with E-state index in [1.54, 1.807) is 0 Å². The lowest BCUT2D eigenvalue weighted by Gasteiger charge is -2.39. The van der Waals surface area contributed by atoms with E-state index in [9.17, 15) is 4.79 Å². The smallest absolute Gasteiger partial charge is 0.226 e. The topological polar surface area (TPSA) is 52.3 Å². The van der Waals surface area contributed by atoms with E-state index < -0.39 is 8.32 Å². The molecule has 0 amide bonds. The van der Waals surface area contributed by atoms with Crippen LogP contribution >= 0.6 is 0 Å². The van der Waals surface area contributed by atoms with Crippen molar-refractivity contribution >= 4 is 14.6 Å². The molecule has 0 saturated carbocycles. The average Bonchev–Trinajstić information content (AvgIpc) is 3.11. The zero-order chi connectivity index (χ0) is 22.6. The minimum Gasteiger partial charge on any atom is -0.441 e. The van der Waals surface area contributed by atoms with Crippen molar-refractivity contribution in [1.29, 1.82) is 0 Å². The molecule has 1 heterocycles. The molecule has 1 atom stereocenters. The molecule has 1 aromatic heterocycles. The molecule has 0 fully saturated rings. The summed E-state index contributed by atoms with van der Waals surface area (Å²) in [6.07, 6.45) is 2.38. The molecular weight excluding hydrogens is 402 g/mol. The Kier molecular flexibility index (Phi) is 6.97. The molecule has 4 nitrogen and oxygen atoms in total. The Labute approximate surface area is 186 Å². The molecule has 164 valence electrons. The van der Waals surface area contributed by atoms with Crippen molar-refractivity contribution in [3.8, 4) is 11.5 Å². The number of oxazole rings is 1. The molecule has 5 heteroatoms. The van der Waals surface area contributed by atoms with E-state index in [1.807, 2.05) is 61.5 Å². The highest BCUT2D eigenvalue weighted by Gasteiger charge is 2.39. The van der Waals surface area contributed by atoms with Gasteiger partial charge < -0.3 is 8.84 Å². The van der Waals surface area contributed by atoms with Gasteiger partial charge in [0.05, 0.1) is 11.8 Å². The monoisotopic (exact) mass is 435 g/mol. The Hall–Kier alpha value is -2.50. The summed E-state index contributed by atoms with van der Waals surface area (Å²) in [7, 11) is -1.99. The molecule has 31 heavy (non-hydrogen) atoms. The Morgan fingerprint density at radius 1 is 1.06 bits per heavy atom. The van der Waals surface area contributed by atoms with Gasteiger partial charge in [0.25, 0.3) is 0 Å².